The van der Waals surface area contributed by atoms with E-state index in [0.717, 1.165) is 6.42 Å². The first kappa shape index (κ1) is 15.5. The quantitative estimate of drug-likeness (QED) is 0.528. The third kappa shape index (κ3) is 3.06. The summed E-state index contributed by atoms with van der Waals surface area (Å²) in [6, 6.07) is 0. The Morgan fingerprint density at radius 3 is 2.95 bits per heavy atom. The first-order chi connectivity index (χ1) is 9.48. The zero-order valence-corrected chi connectivity index (χ0v) is 12.6. The summed E-state index contributed by atoms with van der Waals surface area (Å²) in [5.41, 5.74) is -0.897. The standard InChI is InChI=1S/C13H17NO4S2/c15-8-13(5-9-3-1-2-4-18-9)6-10(16)11(17)7-14(13)12(19)20/h2-4,11,15,17H,1,5-8H2,(H,19,20). The van der Waals surface area contributed by atoms with Crippen molar-refractivity contribution >= 4 is 35.0 Å². The Balaban J connectivity index is 2.26. The average Bonchev–Trinajstić information content (AvgIpc) is 2.43. The Morgan fingerprint density at radius 2 is 2.40 bits per heavy atom. The summed E-state index contributed by atoms with van der Waals surface area (Å²) < 4.78 is 5.65. The molecule has 0 aromatic heterocycles. The van der Waals surface area contributed by atoms with Gasteiger partial charge in [-0.25, -0.2) is 0 Å². The fraction of sp³-hybridized carbons (Fsp3) is 0.538. The van der Waals surface area contributed by atoms with E-state index in [1.54, 1.807) is 11.2 Å². The molecular weight excluding hydrogens is 298 g/mol. The van der Waals surface area contributed by atoms with Crippen LogP contribution in [-0.2, 0) is 9.53 Å². The molecule has 110 valence electrons. The van der Waals surface area contributed by atoms with Gasteiger partial charge in [0.15, 0.2) is 5.78 Å². The Labute approximate surface area is 128 Å². The predicted octanol–water partition coefficient (Wildman–Crippen LogP) is 0.776. The zero-order valence-electron chi connectivity index (χ0n) is 10.9. The highest BCUT2D eigenvalue weighted by atomic mass is 32.1. The summed E-state index contributed by atoms with van der Waals surface area (Å²) in [7, 11) is 0. The molecule has 0 spiro atoms. The molecule has 7 heteroatoms. The van der Waals surface area contributed by atoms with E-state index >= 15 is 0 Å². The van der Waals surface area contributed by atoms with Crippen LogP contribution in [0.15, 0.2) is 24.2 Å². The van der Waals surface area contributed by atoms with Crippen molar-refractivity contribution in [2.75, 3.05) is 13.2 Å². The summed E-state index contributed by atoms with van der Waals surface area (Å²) in [6.07, 6.45) is 5.35. The molecule has 0 aromatic carbocycles. The molecule has 2 atom stereocenters. The lowest BCUT2D eigenvalue weighted by atomic mass is 9.82. The lowest BCUT2D eigenvalue weighted by molar-refractivity contribution is -0.137. The van der Waals surface area contributed by atoms with Crippen LogP contribution in [0.25, 0.3) is 0 Å². The molecule has 2 aliphatic rings. The van der Waals surface area contributed by atoms with Crippen molar-refractivity contribution in [3.8, 4) is 0 Å². The molecule has 5 nitrogen and oxygen atoms in total. The number of β-amino-alcohol motifs (C(OH)–C–C–N with tert-alkyl or cyclic N) is 1. The third-order valence-corrected chi connectivity index (χ3v) is 4.09. The molecule has 1 fully saturated rings. The van der Waals surface area contributed by atoms with Gasteiger partial charge in [-0.05, 0) is 18.6 Å². The van der Waals surface area contributed by atoms with Crippen LogP contribution in [0.4, 0.5) is 0 Å². The summed E-state index contributed by atoms with van der Waals surface area (Å²) in [4.78, 5) is 13.5. The molecule has 2 heterocycles. The average molecular weight is 315 g/mol. The Morgan fingerprint density at radius 1 is 1.65 bits per heavy atom. The maximum atomic E-state index is 11.8. The number of nitrogens with zero attached hydrogens (tertiary/aromatic N) is 1. The van der Waals surface area contributed by atoms with Crippen LogP contribution in [0.5, 0.6) is 0 Å². The van der Waals surface area contributed by atoms with Gasteiger partial charge >= 0.3 is 0 Å². The van der Waals surface area contributed by atoms with Gasteiger partial charge in [0.2, 0.25) is 0 Å². The molecule has 0 aliphatic carbocycles. The second-order valence-electron chi connectivity index (χ2n) is 5.01. The van der Waals surface area contributed by atoms with Crippen molar-refractivity contribution < 1.29 is 19.7 Å². The van der Waals surface area contributed by atoms with Crippen molar-refractivity contribution in [2.45, 2.75) is 30.9 Å². The van der Waals surface area contributed by atoms with E-state index < -0.39 is 11.6 Å². The molecule has 0 radical (unpaired) electrons. The third-order valence-electron chi connectivity index (χ3n) is 3.63. The normalized spacial score (nSPS) is 29.9. The Hall–Kier alpha value is -0.890. The highest BCUT2D eigenvalue weighted by Crippen LogP contribution is 2.34. The van der Waals surface area contributed by atoms with Gasteiger partial charge < -0.3 is 19.8 Å². The number of piperidine rings is 1. The molecule has 2 rings (SSSR count). The van der Waals surface area contributed by atoms with Gasteiger partial charge in [0.05, 0.1) is 25.0 Å². The summed E-state index contributed by atoms with van der Waals surface area (Å²) in [6.45, 7) is -0.221. The van der Waals surface area contributed by atoms with E-state index in [4.69, 9.17) is 17.0 Å². The molecular formula is C13H17NO4S2. The fourth-order valence-electron chi connectivity index (χ4n) is 2.52. The number of carbonyl (C=O) groups excluding carboxylic acids is 1. The topological polar surface area (TPSA) is 70.0 Å². The number of ether oxygens (including phenoxy) is 1. The Bertz CT molecular complexity index is 477. The number of thiol groups is 1. The van der Waals surface area contributed by atoms with Crippen LogP contribution in [-0.4, -0.2) is 50.0 Å². The van der Waals surface area contributed by atoms with Crippen LogP contribution in [0.2, 0.25) is 0 Å². The van der Waals surface area contributed by atoms with Gasteiger partial charge in [-0.1, -0.05) is 12.2 Å². The first-order valence-electron chi connectivity index (χ1n) is 6.31. The number of ketones is 1. The number of allylic oxidation sites excluding steroid dienone is 2. The van der Waals surface area contributed by atoms with Crippen molar-refractivity contribution in [3.63, 3.8) is 0 Å². The van der Waals surface area contributed by atoms with Gasteiger partial charge in [0.1, 0.15) is 16.2 Å². The van der Waals surface area contributed by atoms with E-state index in [0.29, 0.717) is 12.2 Å². The lowest BCUT2D eigenvalue weighted by Crippen LogP contribution is -2.62. The highest BCUT2D eigenvalue weighted by Gasteiger charge is 2.46. The number of rotatable bonds is 3. The second-order valence-corrected chi connectivity index (χ2v) is 6.12. The molecule has 20 heavy (non-hydrogen) atoms. The van der Waals surface area contributed by atoms with Crippen LogP contribution >= 0.6 is 24.8 Å². The van der Waals surface area contributed by atoms with Crippen molar-refractivity contribution in [1.82, 2.24) is 4.90 Å². The van der Waals surface area contributed by atoms with Gasteiger partial charge in [-0.15, -0.1) is 12.6 Å². The summed E-state index contributed by atoms with van der Waals surface area (Å²) in [5, 5.41) is 19.5. The maximum absolute atomic E-state index is 11.8. The van der Waals surface area contributed by atoms with Gasteiger partial charge in [0, 0.05) is 12.8 Å². The highest BCUT2D eigenvalue weighted by molar-refractivity contribution is 8.10. The number of hydrogen-bond acceptors (Lipinski definition) is 5. The maximum Gasteiger partial charge on any atom is 0.165 e. The lowest BCUT2D eigenvalue weighted by Gasteiger charge is -2.47. The largest absolute Gasteiger partial charge is 0.470 e. The number of Topliss-reactive ketones (excluding diaryl/α,β-unsaturated/α-hetero) is 1. The molecule has 0 aromatic rings. The number of carbonyl (C=O) groups is 1. The monoisotopic (exact) mass is 315 g/mol. The molecule has 0 bridgehead atoms. The van der Waals surface area contributed by atoms with Crippen LogP contribution < -0.4 is 0 Å². The summed E-state index contributed by atoms with van der Waals surface area (Å²) >= 11 is 9.22. The Kier molecular flexibility index (Phi) is 4.85. The molecule has 2 aliphatic heterocycles. The van der Waals surface area contributed by atoms with Crippen molar-refractivity contribution in [2.24, 2.45) is 0 Å². The van der Waals surface area contributed by atoms with E-state index in [1.165, 1.54) is 0 Å². The molecule has 0 amide bonds. The molecule has 1 saturated heterocycles. The van der Waals surface area contributed by atoms with Gasteiger partial charge in [0.25, 0.3) is 0 Å². The van der Waals surface area contributed by atoms with Crippen molar-refractivity contribution in [3.05, 3.63) is 24.2 Å². The minimum absolute atomic E-state index is 0.00970. The SMILES string of the molecule is O=C1CC(CO)(CC2=CCC=CO2)N(C(=S)S)CC1O. The first-order valence-corrected chi connectivity index (χ1v) is 7.17. The van der Waals surface area contributed by atoms with E-state index in [1.807, 2.05) is 12.2 Å². The smallest absolute Gasteiger partial charge is 0.165 e. The zero-order chi connectivity index (χ0) is 14.8. The van der Waals surface area contributed by atoms with Crippen LogP contribution in [0.3, 0.4) is 0 Å². The molecule has 2 unspecified atom stereocenters. The van der Waals surface area contributed by atoms with Crippen molar-refractivity contribution in [1.29, 1.82) is 0 Å². The van der Waals surface area contributed by atoms with E-state index in [9.17, 15) is 15.0 Å². The van der Waals surface area contributed by atoms with Gasteiger partial charge in [-0.3, -0.25) is 4.79 Å². The second kappa shape index (κ2) is 6.26. The number of thiocarbonyl (C=S) groups is 1. The van der Waals surface area contributed by atoms with Gasteiger partial charge in [-0.2, -0.15) is 0 Å². The van der Waals surface area contributed by atoms with Crippen LogP contribution in [0, 0.1) is 0 Å². The molecule has 2 N–H and O–H groups in total. The fourth-order valence-corrected chi connectivity index (χ4v) is 3.08. The predicted molar refractivity (Wildman–Crippen MR) is 81.3 cm³/mol. The van der Waals surface area contributed by atoms with E-state index in [-0.39, 0.29) is 29.7 Å². The van der Waals surface area contributed by atoms with Crippen LogP contribution in [0.1, 0.15) is 19.3 Å². The minimum Gasteiger partial charge on any atom is -0.470 e. The summed E-state index contributed by atoms with van der Waals surface area (Å²) in [5.74, 6) is 0.382. The number of hydrogen-bond donors (Lipinski definition) is 3. The number of aliphatic hydroxyl groups excluding tert-OH is 2. The minimum atomic E-state index is -1.10. The number of likely N-dealkylation sites (tertiary alicyclic amines) is 1. The molecule has 0 saturated carbocycles. The number of aliphatic hydroxyl groups is 2. The van der Waals surface area contributed by atoms with E-state index in [2.05, 4.69) is 12.6 Å².